The van der Waals surface area contributed by atoms with E-state index in [-0.39, 0.29) is 12.1 Å². The topological polar surface area (TPSA) is 41.5 Å². The van der Waals surface area contributed by atoms with Gasteiger partial charge in [0.2, 0.25) is 0 Å². The maximum Gasteiger partial charge on any atom is 0.0679 e. The van der Waals surface area contributed by atoms with E-state index in [9.17, 15) is 5.11 Å². The van der Waals surface area contributed by atoms with Gasteiger partial charge in [-0.15, -0.1) is 0 Å². The summed E-state index contributed by atoms with van der Waals surface area (Å²) in [5.74, 6) is 1.41. The Morgan fingerprint density at radius 2 is 2.05 bits per heavy atom. The summed E-state index contributed by atoms with van der Waals surface area (Å²) in [6.45, 7) is 6.36. The summed E-state index contributed by atoms with van der Waals surface area (Å²) in [5, 5.41) is 13.4. The van der Waals surface area contributed by atoms with Gasteiger partial charge in [-0.2, -0.15) is 0 Å². The van der Waals surface area contributed by atoms with E-state index in [0.717, 1.165) is 18.9 Å². The van der Waals surface area contributed by atoms with Crippen molar-refractivity contribution in [2.45, 2.75) is 70.4 Å². The number of ether oxygens (including phenoxy) is 1. The van der Waals surface area contributed by atoms with Gasteiger partial charge in [0.15, 0.2) is 0 Å². The molecule has 19 heavy (non-hydrogen) atoms. The van der Waals surface area contributed by atoms with Crippen LogP contribution in [0.4, 0.5) is 0 Å². The van der Waals surface area contributed by atoms with E-state index in [2.05, 4.69) is 19.2 Å². The number of aliphatic hydroxyl groups is 1. The highest BCUT2D eigenvalue weighted by molar-refractivity contribution is 5.01. The lowest BCUT2D eigenvalue weighted by Gasteiger charge is -2.36. The van der Waals surface area contributed by atoms with Gasteiger partial charge in [-0.25, -0.2) is 0 Å². The molecule has 3 unspecified atom stereocenters. The molecule has 3 atom stereocenters. The van der Waals surface area contributed by atoms with E-state index in [1.165, 1.54) is 38.5 Å². The predicted octanol–water partition coefficient (Wildman–Crippen LogP) is 2.72. The molecule has 2 aliphatic carbocycles. The molecule has 0 aliphatic heterocycles. The SMILES string of the molecule is CCCNC(CO)(COC1CCCC(C)C1)C1CC1. The molecule has 3 heteroatoms. The first-order chi connectivity index (χ1) is 9.20. The van der Waals surface area contributed by atoms with Gasteiger partial charge in [0, 0.05) is 0 Å². The van der Waals surface area contributed by atoms with Crippen LogP contribution in [0.3, 0.4) is 0 Å². The van der Waals surface area contributed by atoms with Crippen LogP contribution in [0.25, 0.3) is 0 Å². The Balaban J connectivity index is 1.84. The molecule has 0 spiro atoms. The van der Waals surface area contributed by atoms with Gasteiger partial charge in [0.05, 0.1) is 24.9 Å². The van der Waals surface area contributed by atoms with Crippen molar-refractivity contribution in [2.24, 2.45) is 11.8 Å². The van der Waals surface area contributed by atoms with Crippen molar-refractivity contribution in [3.05, 3.63) is 0 Å². The van der Waals surface area contributed by atoms with E-state index in [0.29, 0.717) is 18.6 Å². The second-order valence-corrected chi connectivity index (χ2v) is 6.72. The van der Waals surface area contributed by atoms with E-state index in [1.807, 2.05) is 0 Å². The number of nitrogens with one attached hydrogen (secondary N) is 1. The molecule has 2 fully saturated rings. The smallest absolute Gasteiger partial charge is 0.0679 e. The van der Waals surface area contributed by atoms with Crippen LogP contribution in [-0.4, -0.2) is 36.5 Å². The largest absolute Gasteiger partial charge is 0.394 e. The Kier molecular flexibility index (Phi) is 5.67. The molecule has 2 N–H and O–H groups in total. The van der Waals surface area contributed by atoms with Crippen molar-refractivity contribution in [3.8, 4) is 0 Å². The molecule has 0 amide bonds. The minimum atomic E-state index is -0.170. The fourth-order valence-corrected chi connectivity index (χ4v) is 3.35. The van der Waals surface area contributed by atoms with Gasteiger partial charge in [-0.3, -0.25) is 0 Å². The second kappa shape index (κ2) is 7.05. The molecule has 2 rings (SSSR count). The molecule has 0 aromatic heterocycles. The van der Waals surface area contributed by atoms with E-state index >= 15 is 0 Å². The molecule has 0 bridgehead atoms. The summed E-state index contributed by atoms with van der Waals surface area (Å²) in [5.41, 5.74) is -0.170. The molecule has 0 saturated heterocycles. The highest BCUT2D eigenvalue weighted by atomic mass is 16.5. The molecule has 0 heterocycles. The average Bonchev–Trinajstić information content (AvgIpc) is 3.25. The third kappa shape index (κ3) is 4.17. The molecule has 112 valence electrons. The maximum atomic E-state index is 9.85. The van der Waals surface area contributed by atoms with Crippen LogP contribution in [0.1, 0.15) is 58.8 Å². The van der Waals surface area contributed by atoms with E-state index < -0.39 is 0 Å². The monoisotopic (exact) mass is 269 g/mol. The summed E-state index contributed by atoms with van der Waals surface area (Å²) >= 11 is 0. The van der Waals surface area contributed by atoms with Gasteiger partial charge in [0.25, 0.3) is 0 Å². The molecule has 2 saturated carbocycles. The highest BCUT2D eigenvalue weighted by Gasteiger charge is 2.45. The van der Waals surface area contributed by atoms with Crippen molar-refractivity contribution in [1.82, 2.24) is 5.32 Å². The molecule has 2 aliphatic rings. The number of rotatable bonds is 8. The average molecular weight is 269 g/mol. The summed E-state index contributed by atoms with van der Waals surface area (Å²) in [6.07, 6.45) is 9.03. The summed E-state index contributed by atoms with van der Waals surface area (Å²) in [4.78, 5) is 0. The molecular weight excluding hydrogens is 238 g/mol. The van der Waals surface area contributed by atoms with Crippen molar-refractivity contribution in [1.29, 1.82) is 0 Å². The van der Waals surface area contributed by atoms with Crippen LogP contribution in [0.2, 0.25) is 0 Å². The Bertz CT molecular complexity index is 267. The van der Waals surface area contributed by atoms with Crippen LogP contribution in [0.15, 0.2) is 0 Å². The lowest BCUT2D eigenvalue weighted by molar-refractivity contribution is -0.0384. The third-order valence-corrected chi connectivity index (χ3v) is 4.83. The fraction of sp³-hybridized carbons (Fsp3) is 1.00. The Morgan fingerprint density at radius 1 is 1.26 bits per heavy atom. The van der Waals surface area contributed by atoms with Gasteiger partial charge >= 0.3 is 0 Å². The van der Waals surface area contributed by atoms with Gasteiger partial charge in [-0.1, -0.05) is 26.7 Å². The van der Waals surface area contributed by atoms with Crippen molar-refractivity contribution in [2.75, 3.05) is 19.8 Å². The summed E-state index contributed by atoms with van der Waals surface area (Å²) in [6, 6.07) is 0. The normalized spacial score (nSPS) is 31.1. The molecule has 0 aromatic carbocycles. The Morgan fingerprint density at radius 3 is 2.63 bits per heavy atom. The number of hydrogen-bond acceptors (Lipinski definition) is 3. The lowest BCUT2D eigenvalue weighted by atomic mass is 9.88. The van der Waals surface area contributed by atoms with Crippen molar-refractivity contribution in [3.63, 3.8) is 0 Å². The van der Waals surface area contributed by atoms with Crippen LogP contribution in [-0.2, 0) is 4.74 Å². The maximum absolute atomic E-state index is 9.85. The minimum absolute atomic E-state index is 0.170. The second-order valence-electron chi connectivity index (χ2n) is 6.72. The van der Waals surface area contributed by atoms with Gasteiger partial charge < -0.3 is 15.2 Å². The zero-order chi connectivity index (χ0) is 13.7. The third-order valence-electron chi connectivity index (χ3n) is 4.83. The van der Waals surface area contributed by atoms with Crippen LogP contribution in [0.5, 0.6) is 0 Å². The first kappa shape index (κ1) is 15.3. The quantitative estimate of drug-likeness (QED) is 0.712. The van der Waals surface area contributed by atoms with Crippen molar-refractivity contribution < 1.29 is 9.84 Å². The van der Waals surface area contributed by atoms with E-state index in [4.69, 9.17) is 4.74 Å². The first-order valence-electron chi connectivity index (χ1n) is 8.17. The molecule has 3 nitrogen and oxygen atoms in total. The van der Waals surface area contributed by atoms with Crippen LogP contribution >= 0.6 is 0 Å². The zero-order valence-electron chi connectivity index (χ0n) is 12.7. The summed E-state index contributed by atoms with van der Waals surface area (Å²) in [7, 11) is 0. The molecule has 0 aromatic rings. The molecule has 0 radical (unpaired) electrons. The Labute approximate surface area is 118 Å². The first-order valence-corrected chi connectivity index (χ1v) is 8.17. The standard InChI is InChI=1S/C16H31NO2/c1-3-9-17-16(11-18,14-7-8-14)12-19-15-6-4-5-13(2)10-15/h13-15,17-18H,3-12H2,1-2H3. The minimum Gasteiger partial charge on any atom is -0.394 e. The Hall–Kier alpha value is -0.120. The number of aliphatic hydroxyl groups excluding tert-OH is 1. The zero-order valence-corrected chi connectivity index (χ0v) is 12.7. The summed E-state index contributed by atoms with van der Waals surface area (Å²) < 4.78 is 6.19. The van der Waals surface area contributed by atoms with Crippen LogP contribution < -0.4 is 5.32 Å². The fourth-order valence-electron chi connectivity index (χ4n) is 3.35. The van der Waals surface area contributed by atoms with Gasteiger partial charge in [0.1, 0.15) is 0 Å². The van der Waals surface area contributed by atoms with Crippen molar-refractivity contribution >= 4 is 0 Å². The van der Waals surface area contributed by atoms with E-state index in [1.54, 1.807) is 0 Å². The predicted molar refractivity (Wildman–Crippen MR) is 78.2 cm³/mol. The molecular formula is C16H31NO2. The highest BCUT2D eigenvalue weighted by Crippen LogP contribution is 2.40. The lowest BCUT2D eigenvalue weighted by Crippen LogP contribution is -2.55. The number of hydrogen-bond donors (Lipinski definition) is 2. The van der Waals surface area contributed by atoms with Crippen LogP contribution in [0, 0.1) is 11.8 Å². The van der Waals surface area contributed by atoms with Gasteiger partial charge in [-0.05, 0) is 50.5 Å².